The lowest BCUT2D eigenvalue weighted by atomic mass is 10.1. The number of hydrogen-bond donors (Lipinski definition) is 1. The second-order valence-electron chi connectivity index (χ2n) is 5.61. The Morgan fingerprint density at radius 2 is 1.96 bits per heavy atom. The summed E-state index contributed by atoms with van der Waals surface area (Å²) in [6.45, 7) is 0.297. The second-order valence-corrected chi connectivity index (χ2v) is 6.53. The maximum Gasteiger partial charge on any atom is 0.252 e. The molecular formula is C19H17BrN2O3. The second kappa shape index (κ2) is 7.11. The standard InChI is InChI=1S/C19H17BrN2O3/c1-22-16-6-4-3-5-14(16)15(10-18(22)23)19(24)21-11-12-9-13(20)7-8-17(12)25-2/h3-10H,11H2,1-2H3,(H,21,24). The van der Waals surface area contributed by atoms with Crippen LogP contribution in [0.3, 0.4) is 0 Å². The van der Waals surface area contributed by atoms with Crippen LogP contribution in [-0.2, 0) is 13.6 Å². The molecule has 0 saturated carbocycles. The largest absolute Gasteiger partial charge is 0.496 e. The molecule has 0 aliphatic carbocycles. The summed E-state index contributed by atoms with van der Waals surface area (Å²) < 4.78 is 7.75. The van der Waals surface area contributed by atoms with E-state index >= 15 is 0 Å². The zero-order valence-corrected chi connectivity index (χ0v) is 15.5. The Hall–Kier alpha value is -2.60. The Labute approximate surface area is 153 Å². The molecule has 0 aliphatic heterocycles. The average molecular weight is 401 g/mol. The number of carbonyl (C=O) groups is 1. The molecule has 6 heteroatoms. The minimum atomic E-state index is -0.295. The lowest BCUT2D eigenvalue weighted by Crippen LogP contribution is -2.26. The first-order chi connectivity index (χ1) is 12.0. The van der Waals surface area contributed by atoms with Gasteiger partial charge in [-0.2, -0.15) is 0 Å². The molecule has 3 rings (SSSR count). The average Bonchev–Trinajstić information content (AvgIpc) is 2.63. The number of hydrogen-bond acceptors (Lipinski definition) is 3. The number of rotatable bonds is 4. The van der Waals surface area contributed by atoms with Crippen molar-refractivity contribution in [1.29, 1.82) is 0 Å². The predicted molar refractivity (Wildman–Crippen MR) is 101 cm³/mol. The van der Waals surface area contributed by atoms with Crippen molar-refractivity contribution in [3.8, 4) is 5.75 Å². The Balaban J connectivity index is 1.93. The summed E-state index contributed by atoms with van der Waals surface area (Å²) in [5.74, 6) is 0.397. The van der Waals surface area contributed by atoms with Gasteiger partial charge in [-0.15, -0.1) is 0 Å². The molecule has 0 saturated heterocycles. The van der Waals surface area contributed by atoms with Gasteiger partial charge in [-0.25, -0.2) is 0 Å². The van der Waals surface area contributed by atoms with Crippen LogP contribution in [0.5, 0.6) is 5.75 Å². The van der Waals surface area contributed by atoms with Crippen LogP contribution in [0.2, 0.25) is 0 Å². The number of halogens is 1. The molecule has 0 atom stereocenters. The molecule has 0 spiro atoms. The molecule has 1 aromatic heterocycles. The smallest absolute Gasteiger partial charge is 0.252 e. The van der Waals surface area contributed by atoms with Crippen molar-refractivity contribution >= 4 is 32.7 Å². The Morgan fingerprint density at radius 3 is 2.72 bits per heavy atom. The number of pyridine rings is 1. The minimum absolute atomic E-state index is 0.219. The summed E-state index contributed by atoms with van der Waals surface area (Å²) in [6, 6.07) is 14.3. The number of carbonyl (C=O) groups excluding carboxylic acids is 1. The summed E-state index contributed by atoms with van der Waals surface area (Å²) in [4.78, 5) is 24.8. The fourth-order valence-electron chi connectivity index (χ4n) is 2.75. The Kier molecular flexibility index (Phi) is 4.90. The number of ether oxygens (including phenoxy) is 1. The van der Waals surface area contributed by atoms with Crippen molar-refractivity contribution in [2.24, 2.45) is 7.05 Å². The molecule has 1 heterocycles. The molecule has 128 valence electrons. The van der Waals surface area contributed by atoms with Crippen molar-refractivity contribution in [3.05, 3.63) is 74.5 Å². The van der Waals surface area contributed by atoms with Crippen LogP contribution in [0.1, 0.15) is 15.9 Å². The summed E-state index contributed by atoms with van der Waals surface area (Å²) in [5, 5.41) is 3.61. The maximum absolute atomic E-state index is 12.7. The van der Waals surface area contributed by atoms with Crippen LogP contribution in [0, 0.1) is 0 Å². The van der Waals surface area contributed by atoms with Crippen LogP contribution in [-0.4, -0.2) is 17.6 Å². The third-order valence-corrected chi connectivity index (χ3v) is 4.57. The number of amides is 1. The van der Waals surface area contributed by atoms with Crippen LogP contribution in [0.25, 0.3) is 10.9 Å². The quantitative estimate of drug-likeness (QED) is 0.730. The molecule has 0 unspecified atom stereocenters. The SMILES string of the molecule is COc1ccc(Br)cc1CNC(=O)c1cc(=O)n(C)c2ccccc12. The van der Waals surface area contributed by atoms with E-state index in [1.165, 1.54) is 10.6 Å². The number of benzene rings is 2. The van der Waals surface area contributed by atoms with Gasteiger partial charge in [0.15, 0.2) is 0 Å². The van der Waals surface area contributed by atoms with Gasteiger partial charge in [-0.05, 0) is 24.3 Å². The number of methoxy groups -OCH3 is 1. The summed E-state index contributed by atoms with van der Waals surface area (Å²) in [7, 11) is 3.28. The van der Waals surface area contributed by atoms with Gasteiger partial charge in [0.1, 0.15) is 5.75 Å². The Morgan fingerprint density at radius 1 is 1.20 bits per heavy atom. The van der Waals surface area contributed by atoms with Crippen LogP contribution >= 0.6 is 15.9 Å². The number of aryl methyl sites for hydroxylation is 1. The highest BCUT2D eigenvalue weighted by Gasteiger charge is 2.14. The predicted octanol–water partition coefficient (Wildman–Crippen LogP) is 3.24. The molecule has 25 heavy (non-hydrogen) atoms. The van der Waals surface area contributed by atoms with E-state index in [2.05, 4.69) is 21.2 Å². The van der Waals surface area contributed by atoms with Crippen LogP contribution in [0.15, 0.2) is 57.8 Å². The first-order valence-corrected chi connectivity index (χ1v) is 8.50. The molecule has 0 fully saturated rings. The van der Waals surface area contributed by atoms with Crippen molar-refractivity contribution in [3.63, 3.8) is 0 Å². The van der Waals surface area contributed by atoms with Crippen LogP contribution in [0.4, 0.5) is 0 Å². The van der Waals surface area contributed by atoms with E-state index in [0.29, 0.717) is 17.9 Å². The van der Waals surface area contributed by atoms with E-state index in [1.54, 1.807) is 14.2 Å². The van der Waals surface area contributed by atoms with E-state index < -0.39 is 0 Å². The summed E-state index contributed by atoms with van der Waals surface area (Å²) in [5.41, 5.74) is 1.72. The van der Waals surface area contributed by atoms with Crippen molar-refractivity contribution in [2.45, 2.75) is 6.54 Å². The number of nitrogens with zero attached hydrogens (tertiary/aromatic N) is 1. The minimum Gasteiger partial charge on any atom is -0.496 e. The molecule has 5 nitrogen and oxygen atoms in total. The first-order valence-electron chi connectivity index (χ1n) is 7.70. The van der Waals surface area contributed by atoms with Gasteiger partial charge in [-0.3, -0.25) is 9.59 Å². The molecule has 0 aliphatic rings. The van der Waals surface area contributed by atoms with Gasteiger partial charge >= 0.3 is 0 Å². The normalized spacial score (nSPS) is 10.7. The zero-order valence-electron chi connectivity index (χ0n) is 13.9. The molecular weight excluding hydrogens is 384 g/mol. The third-order valence-electron chi connectivity index (χ3n) is 4.08. The molecule has 1 N–H and O–H groups in total. The Bertz CT molecular complexity index is 1010. The molecule has 0 bridgehead atoms. The lowest BCUT2D eigenvalue weighted by Gasteiger charge is -2.12. The zero-order chi connectivity index (χ0) is 18.0. The highest BCUT2D eigenvalue weighted by Crippen LogP contribution is 2.23. The van der Waals surface area contributed by atoms with E-state index in [-0.39, 0.29) is 11.5 Å². The van der Waals surface area contributed by atoms with Gasteiger partial charge in [0.25, 0.3) is 11.5 Å². The lowest BCUT2D eigenvalue weighted by molar-refractivity contribution is 0.0952. The summed E-state index contributed by atoms with van der Waals surface area (Å²) >= 11 is 3.42. The summed E-state index contributed by atoms with van der Waals surface area (Å²) in [6.07, 6.45) is 0. The number of para-hydroxylation sites is 1. The highest BCUT2D eigenvalue weighted by atomic mass is 79.9. The van der Waals surface area contributed by atoms with Gasteiger partial charge in [0, 0.05) is 35.1 Å². The topological polar surface area (TPSA) is 60.3 Å². The van der Waals surface area contributed by atoms with Gasteiger partial charge in [0.2, 0.25) is 0 Å². The number of fused-ring (bicyclic) bond motifs is 1. The van der Waals surface area contributed by atoms with E-state index in [1.807, 2.05) is 42.5 Å². The fourth-order valence-corrected chi connectivity index (χ4v) is 3.16. The van der Waals surface area contributed by atoms with Gasteiger partial charge in [0.05, 0.1) is 18.2 Å². The number of nitrogens with one attached hydrogen (secondary N) is 1. The van der Waals surface area contributed by atoms with Crippen molar-refractivity contribution < 1.29 is 9.53 Å². The van der Waals surface area contributed by atoms with Gasteiger partial charge in [-0.1, -0.05) is 34.1 Å². The van der Waals surface area contributed by atoms with E-state index in [0.717, 1.165) is 20.9 Å². The fraction of sp³-hybridized carbons (Fsp3) is 0.158. The molecule has 3 aromatic rings. The molecule has 0 radical (unpaired) electrons. The molecule has 1 amide bonds. The highest BCUT2D eigenvalue weighted by molar-refractivity contribution is 9.10. The maximum atomic E-state index is 12.7. The monoisotopic (exact) mass is 400 g/mol. The number of aromatic nitrogens is 1. The van der Waals surface area contributed by atoms with Crippen molar-refractivity contribution in [2.75, 3.05) is 7.11 Å². The van der Waals surface area contributed by atoms with E-state index in [9.17, 15) is 9.59 Å². The van der Waals surface area contributed by atoms with Crippen LogP contribution < -0.4 is 15.6 Å². The first kappa shape index (κ1) is 17.2. The van der Waals surface area contributed by atoms with Gasteiger partial charge < -0.3 is 14.6 Å². The van der Waals surface area contributed by atoms with E-state index in [4.69, 9.17) is 4.74 Å². The van der Waals surface area contributed by atoms with Crippen molar-refractivity contribution in [1.82, 2.24) is 9.88 Å². The third kappa shape index (κ3) is 3.44. The molecule has 2 aromatic carbocycles.